The average Bonchev–Trinajstić information content (AvgIpc) is 3.02. The third kappa shape index (κ3) is 5.17. The highest BCUT2D eigenvalue weighted by Gasteiger charge is 2.11. The summed E-state index contributed by atoms with van der Waals surface area (Å²) in [7, 11) is 0. The van der Waals surface area contributed by atoms with Gasteiger partial charge >= 0.3 is 5.97 Å². The van der Waals surface area contributed by atoms with E-state index in [9.17, 15) is 9.59 Å². The summed E-state index contributed by atoms with van der Waals surface area (Å²) < 4.78 is 4.81. The van der Waals surface area contributed by atoms with Crippen LogP contribution in [0.2, 0.25) is 0 Å². The number of tetrazole rings is 1. The van der Waals surface area contributed by atoms with E-state index in [1.807, 2.05) is 37.3 Å². The second kappa shape index (κ2) is 8.38. The van der Waals surface area contributed by atoms with Gasteiger partial charge in [0, 0.05) is 12.1 Å². The number of nitrogens with one attached hydrogen (secondary N) is 1. The van der Waals surface area contributed by atoms with Crippen molar-refractivity contribution in [3.63, 3.8) is 0 Å². The maximum absolute atomic E-state index is 11.7. The van der Waals surface area contributed by atoms with Gasteiger partial charge in [-0.25, -0.2) is 4.79 Å². The van der Waals surface area contributed by atoms with E-state index in [0.29, 0.717) is 5.82 Å². The first kappa shape index (κ1) is 17.1. The smallest absolute Gasteiger partial charge is 0.330 e. The van der Waals surface area contributed by atoms with E-state index in [1.165, 1.54) is 0 Å². The van der Waals surface area contributed by atoms with Crippen molar-refractivity contribution in [3.05, 3.63) is 29.8 Å². The summed E-state index contributed by atoms with van der Waals surface area (Å²) in [5, 5.41) is 22.5. The van der Waals surface area contributed by atoms with Gasteiger partial charge in [-0.05, 0) is 12.1 Å². The molecule has 0 saturated heterocycles. The van der Waals surface area contributed by atoms with Crippen LogP contribution in [0.3, 0.4) is 0 Å². The first-order chi connectivity index (χ1) is 11.6. The fourth-order valence-corrected chi connectivity index (χ4v) is 1.74. The summed E-state index contributed by atoms with van der Waals surface area (Å²) in [6.07, 6.45) is 0.199. The van der Waals surface area contributed by atoms with Gasteiger partial charge < -0.3 is 10.1 Å². The molecule has 0 aliphatic carbocycles. The minimum Gasteiger partial charge on any atom is -0.454 e. The molecule has 1 amide bonds. The monoisotopic (exact) mass is 328 g/mol. The van der Waals surface area contributed by atoms with Crippen LogP contribution in [0, 0.1) is 18.3 Å². The number of aryl methyl sites for hydroxylation is 1. The van der Waals surface area contributed by atoms with Crippen LogP contribution in [0.4, 0.5) is 0 Å². The van der Waals surface area contributed by atoms with Crippen molar-refractivity contribution < 1.29 is 14.3 Å². The van der Waals surface area contributed by atoms with Crippen molar-refractivity contribution in [2.45, 2.75) is 19.9 Å². The summed E-state index contributed by atoms with van der Waals surface area (Å²) >= 11 is 0. The number of hydrogen-bond acceptors (Lipinski definition) is 7. The number of esters is 1. The molecule has 9 heteroatoms. The first-order valence-corrected chi connectivity index (χ1v) is 7.22. The third-order valence-corrected chi connectivity index (χ3v) is 2.96. The van der Waals surface area contributed by atoms with Crippen molar-refractivity contribution in [2.75, 3.05) is 13.2 Å². The summed E-state index contributed by atoms with van der Waals surface area (Å²) in [6.45, 7) is 1.53. The second-order valence-electron chi connectivity index (χ2n) is 4.93. The molecule has 24 heavy (non-hydrogen) atoms. The van der Waals surface area contributed by atoms with Gasteiger partial charge in [0.05, 0.1) is 12.5 Å². The average molecular weight is 328 g/mol. The lowest BCUT2D eigenvalue weighted by Crippen LogP contribution is -2.30. The molecule has 1 aromatic heterocycles. The Morgan fingerprint density at radius 2 is 2.08 bits per heavy atom. The van der Waals surface area contributed by atoms with E-state index in [-0.39, 0.29) is 19.5 Å². The molecule has 1 N–H and O–H groups in total. The number of carbonyl (C=O) groups excluding carboxylic acids is 2. The Balaban J connectivity index is 1.81. The number of nitrogens with zero attached hydrogens (tertiary/aromatic N) is 5. The highest BCUT2D eigenvalue weighted by molar-refractivity contribution is 5.80. The number of hydrogen-bond donors (Lipinski definition) is 1. The zero-order chi connectivity index (χ0) is 17.4. The van der Waals surface area contributed by atoms with Crippen LogP contribution >= 0.6 is 0 Å². The Morgan fingerprint density at radius 3 is 2.79 bits per heavy atom. The van der Waals surface area contributed by atoms with Crippen LogP contribution in [-0.4, -0.2) is 45.2 Å². The van der Waals surface area contributed by atoms with Gasteiger partial charge in [0.25, 0.3) is 5.91 Å². The fraction of sp³-hybridized carbons (Fsp3) is 0.333. The fourth-order valence-electron chi connectivity index (χ4n) is 1.74. The standard InChI is InChI=1S/C15H16N6O3/c1-11-3-5-12(6-4-11)15-18-20-21(19-15)9-14(23)24-10-13(22)17-8-2-7-16/h3-6H,2,8-10H2,1H3,(H,17,22). The summed E-state index contributed by atoms with van der Waals surface area (Å²) in [5.41, 5.74) is 1.90. The number of aromatic nitrogens is 4. The van der Waals surface area contributed by atoms with Crippen molar-refractivity contribution >= 4 is 11.9 Å². The topological polar surface area (TPSA) is 123 Å². The lowest BCUT2D eigenvalue weighted by Gasteiger charge is -2.04. The van der Waals surface area contributed by atoms with Gasteiger partial charge in [-0.3, -0.25) is 4.79 Å². The predicted molar refractivity (Wildman–Crippen MR) is 82.2 cm³/mol. The molecule has 124 valence electrons. The Hall–Kier alpha value is -3.28. The molecule has 0 radical (unpaired) electrons. The van der Waals surface area contributed by atoms with E-state index in [1.54, 1.807) is 0 Å². The number of benzene rings is 1. The Kier molecular flexibility index (Phi) is 5.96. The number of ether oxygens (including phenoxy) is 1. The van der Waals surface area contributed by atoms with Gasteiger partial charge in [-0.1, -0.05) is 29.8 Å². The molecule has 2 rings (SSSR count). The Morgan fingerprint density at radius 1 is 1.33 bits per heavy atom. The molecular formula is C15H16N6O3. The highest BCUT2D eigenvalue weighted by Crippen LogP contribution is 2.13. The summed E-state index contributed by atoms with van der Waals surface area (Å²) in [4.78, 5) is 24.1. The molecule has 0 saturated carbocycles. The van der Waals surface area contributed by atoms with Crippen molar-refractivity contribution in [3.8, 4) is 17.5 Å². The Labute approximate surface area is 138 Å². The normalized spacial score (nSPS) is 10.0. The van der Waals surface area contributed by atoms with E-state index in [2.05, 4.69) is 20.7 Å². The summed E-state index contributed by atoms with van der Waals surface area (Å²) in [6, 6.07) is 9.47. The molecule has 2 aromatic rings. The molecule has 0 aliphatic rings. The molecule has 0 atom stereocenters. The lowest BCUT2D eigenvalue weighted by molar-refractivity contribution is -0.149. The zero-order valence-electron chi connectivity index (χ0n) is 13.1. The number of amides is 1. The van der Waals surface area contributed by atoms with Crippen LogP contribution in [0.15, 0.2) is 24.3 Å². The van der Waals surface area contributed by atoms with Gasteiger partial charge in [0.15, 0.2) is 13.2 Å². The number of rotatable bonds is 7. The van der Waals surface area contributed by atoms with Gasteiger partial charge in [0.1, 0.15) is 0 Å². The second-order valence-corrected chi connectivity index (χ2v) is 4.93. The summed E-state index contributed by atoms with van der Waals surface area (Å²) in [5.74, 6) is -0.721. The predicted octanol–water partition coefficient (Wildman–Crippen LogP) is 0.222. The number of carbonyl (C=O) groups is 2. The highest BCUT2D eigenvalue weighted by atomic mass is 16.5. The molecule has 0 fully saturated rings. The molecule has 1 aromatic carbocycles. The minimum atomic E-state index is -0.654. The molecule has 0 bridgehead atoms. The molecule has 9 nitrogen and oxygen atoms in total. The maximum atomic E-state index is 11.7. The van der Waals surface area contributed by atoms with E-state index >= 15 is 0 Å². The van der Waals surface area contributed by atoms with E-state index in [4.69, 9.17) is 10.00 Å². The molecular weight excluding hydrogens is 312 g/mol. The van der Waals surface area contributed by atoms with Crippen molar-refractivity contribution in [1.82, 2.24) is 25.5 Å². The van der Waals surface area contributed by atoms with Crippen LogP contribution < -0.4 is 5.32 Å². The van der Waals surface area contributed by atoms with Crippen molar-refractivity contribution in [2.24, 2.45) is 0 Å². The minimum absolute atomic E-state index is 0.199. The molecule has 0 spiro atoms. The van der Waals surface area contributed by atoms with Crippen LogP contribution in [0.1, 0.15) is 12.0 Å². The molecule has 1 heterocycles. The van der Waals surface area contributed by atoms with Gasteiger partial charge in [0.2, 0.25) is 5.82 Å². The van der Waals surface area contributed by atoms with Crippen LogP contribution in [-0.2, 0) is 20.9 Å². The quantitative estimate of drug-likeness (QED) is 0.569. The molecule has 0 unspecified atom stereocenters. The maximum Gasteiger partial charge on any atom is 0.330 e. The molecule has 0 aliphatic heterocycles. The Bertz CT molecular complexity index is 747. The SMILES string of the molecule is Cc1ccc(-c2nnn(CC(=O)OCC(=O)NCCC#N)n2)cc1. The van der Waals surface area contributed by atoms with E-state index < -0.39 is 18.5 Å². The van der Waals surface area contributed by atoms with Crippen molar-refractivity contribution in [1.29, 1.82) is 5.26 Å². The zero-order valence-corrected chi connectivity index (χ0v) is 13.1. The number of nitriles is 1. The van der Waals surface area contributed by atoms with Crippen LogP contribution in [0.5, 0.6) is 0 Å². The third-order valence-electron chi connectivity index (χ3n) is 2.96. The first-order valence-electron chi connectivity index (χ1n) is 7.22. The lowest BCUT2D eigenvalue weighted by atomic mass is 10.1. The van der Waals surface area contributed by atoms with Crippen LogP contribution in [0.25, 0.3) is 11.4 Å². The van der Waals surface area contributed by atoms with Gasteiger partial charge in [-0.15, -0.1) is 10.2 Å². The van der Waals surface area contributed by atoms with E-state index in [0.717, 1.165) is 15.9 Å². The largest absolute Gasteiger partial charge is 0.454 e. The van der Waals surface area contributed by atoms with Gasteiger partial charge in [-0.2, -0.15) is 10.1 Å².